The highest BCUT2D eigenvalue weighted by molar-refractivity contribution is 6.01. The third-order valence-electron chi connectivity index (χ3n) is 9.78. The number of anilines is 1. The Morgan fingerprint density at radius 3 is 2.51 bits per heavy atom. The summed E-state index contributed by atoms with van der Waals surface area (Å²) in [4.78, 5) is 21.3. The molecule has 0 radical (unpaired) electrons. The molecule has 0 aromatic heterocycles. The Labute approximate surface area is 220 Å². The van der Waals surface area contributed by atoms with E-state index in [1.165, 1.54) is 61.8 Å². The standard InChI is InChI=1S/C29H42N4O4/c1-18(2)7-6-8-19(3)24-11-12-25-23-10-14-26(20(4)22(23)15-16-29(24,25)5)30-31-27-13-9-21(32(34)35)17-28(27)33(36)37/h9,13,17-19,23-25,31H,6-8,10-12,14-16H2,1-5H3/b30-26+/t19-,23+,24+,25+,29-/m0/s1. The molecule has 0 aliphatic heterocycles. The quantitative estimate of drug-likeness (QED) is 0.265. The zero-order chi connectivity index (χ0) is 26.9. The molecular weight excluding hydrogens is 468 g/mol. The summed E-state index contributed by atoms with van der Waals surface area (Å²) in [7, 11) is 0. The number of allylic oxidation sites excluding steroid dienone is 2. The average Bonchev–Trinajstić information content (AvgIpc) is 3.20. The van der Waals surface area contributed by atoms with Crippen LogP contribution >= 0.6 is 0 Å². The van der Waals surface area contributed by atoms with Gasteiger partial charge in [0.1, 0.15) is 5.69 Å². The van der Waals surface area contributed by atoms with Gasteiger partial charge in [-0.3, -0.25) is 25.7 Å². The summed E-state index contributed by atoms with van der Waals surface area (Å²) in [5, 5.41) is 27.1. The Balaban J connectivity index is 1.49. The summed E-state index contributed by atoms with van der Waals surface area (Å²) in [6.45, 7) is 11.8. The van der Waals surface area contributed by atoms with Crippen molar-refractivity contribution in [1.29, 1.82) is 0 Å². The van der Waals surface area contributed by atoms with Crippen LogP contribution in [0.4, 0.5) is 17.1 Å². The van der Waals surface area contributed by atoms with Crippen LogP contribution in [0.25, 0.3) is 0 Å². The minimum Gasteiger partial charge on any atom is -0.271 e. The van der Waals surface area contributed by atoms with Crippen LogP contribution in [0.1, 0.15) is 92.4 Å². The minimum absolute atomic E-state index is 0.171. The first kappa shape index (κ1) is 27.3. The number of fused-ring (bicyclic) bond motifs is 3. The van der Waals surface area contributed by atoms with Gasteiger partial charge in [-0.25, -0.2) is 0 Å². The van der Waals surface area contributed by atoms with Crippen molar-refractivity contribution in [2.45, 2.75) is 92.4 Å². The molecule has 1 aromatic carbocycles. The molecule has 0 saturated heterocycles. The normalized spacial score (nSPS) is 29.2. The molecule has 1 N–H and O–H groups in total. The lowest BCUT2D eigenvalue weighted by Crippen LogP contribution is -2.42. The number of nitro groups is 2. The molecule has 37 heavy (non-hydrogen) atoms. The number of hydrogen-bond acceptors (Lipinski definition) is 6. The number of rotatable bonds is 9. The SMILES string of the molecule is CC1=C2CC[C@]3(C)[C@H](CC[C@@H]3[C@@H](C)CCCC(C)C)[C@@H]2CC/C1=N\Nc1ccc([N+](=O)[O-])cc1[N+](=O)[O-]. The van der Waals surface area contributed by atoms with Crippen LogP contribution in [-0.2, 0) is 0 Å². The van der Waals surface area contributed by atoms with Crippen LogP contribution in [-0.4, -0.2) is 15.6 Å². The molecule has 2 saturated carbocycles. The fraction of sp³-hybridized carbons (Fsp3) is 0.690. The third kappa shape index (κ3) is 5.43. The molecule has 3 aliphatic carbocycles. The number of nitrogens with zero attached hydrogens (tertiary/aromatic N) is 3. The minimum atomic E-state index is -0.630. The number of nitrogens with one attached hydrogen (secondary N) is 1. The molecule has 1 aromatic rings. The number of benzene rings is 1. The third-order valence-corrected chi connectivity index (χ3v) is 9.78. The van der Waals surface area contributed by atoms with Gasteiger partial charge in [0, 0.05) is 6.07 Å². The van der Waals surface area contributed by atoms with Crippen molar-refractivity contribution in [2.24, 2.45) is 40.1 Å². The molecule has 4 rings (SSSR count). The molecule has 8 nitrogen and oxygen atoms in total. The van der Waals surface area contributed by atoms with E-state index in [2.05, 4.69) is 45.1 Å². The van der Waals surface area contributed by atoms with Gasteiger partial charge in [-0.05, 0) is 92.1 Å². The van der Waals surface area contributed by atoms with Gasteiger partial charge in [-0.15, -0.1) is 0 Å². The van der Waals surface area contributed by atoms with E-state index in [0.29, 0.717) is 11.3 Å². The summed E-state index contributed by atoms with van der Waals surface area (Å²) >= 11 is 0. The molecule has 0 unspecified atom stereocenters. The maximum atomic E-state index is 11.5. The second-order valence-corrected chi connectivity index (χ2v) is 12.3. The van der Waals surface area contributed by atoms with Gasteiger partial charge < -0.3 is 0 Å². The van der Waals surface area contributed by atoms with Crippen molar-refractivity contribution in [3.63, 3.8) is 0 Å². The Bertz CT molecular complexity index is 1110. The summed E-state index contributed by atoms with van der Waals surface area (Å²) in [5.74, 6) is 3.71. The van der Waals surface area contributed by atoms with Crippen LogP contribution in [0.2, 0.25) is 0 Å². The zero-order valence-electron chi connectivity index (χ0n) is 23.0. The van der Waals surface area contributed by atoms with Crippen molar-refractivity contribution in [1.82, 2.24) is 0 Å². The first-order valence-corrected chi connectivity index (χ1v) is 14.0. The second kappa shape index (κ2) is 10.9. The molecule has 0 heterocycles. The molecule has 5 atom stereocenters. The molecule has 0 bridgehead atoms. The van der Waals surface area contributed by atoms with Crippen molar-refractivity contribution >= 4 is 22.8 Å². The number of hydrazone groups is 1. The Kier molecular flexibility index (Phi) is 8.05. The molecule has 8 heteroatoms. The maximum absolute atomic E-state index is 11.5. The summed E-state index contributed by atoms with van der Waals surface area (Å²) in [6, 6.07) is 3.61. The molecule has 0 spiro atoms. The highest BCUT2D eigenvalue weighted by Crippen LogP contribution is 2.63. The van der Waals surface area contributed by atoms with Crippen molar-refractivity contribution in [3.8, 4) is 0 Å². The lowest BCUT2D eigenvalue weighted by Gasteiger charge is -2.49. The monoisotopic (exact) mass is 510 g/mol. The molecular formula is C29H42N4O4. The topological polar surface area (TPSA) is 111 Å². The van der Waals surface area contributed by atoms with E-state index in [9.17, 15) is 20.2 Å². The lowest BCUT2D eigenvalue weighted by molar-refractivity contribution is -0.393. The first-order valence-electron chi connectivity index (χ1n) is 14.0. The highest BCUT2D eigenvalue weighted by Gasteiger charge is 2.54. The molecule has 2 fully saturated rings. The average molecular weight is 511 g/mol. The van der Waals surface area contributed by atoms with Crippen LogP contribution in [0, 0.1) is 55.2 Å². The summed E-state index contributed by atoms with van der Waals surface area (Å²) in [5.41, 5.74) is 6.48. The van der Waals surface area contributed by atoms with E-state index >= 15 is 0 Å². The fourth-order valence-electron chi connectivity index (χ4n) is 7.79. The van der Waals surface area contributed by atoms with Crippen molar-refractivity contribution < 1.29 is 9.85 Å². The maximum Gasteiger partial charge on any atom is 0.301 e. The van der Waals surface area contributed by atoms with Crippen LogP contribution in [0.15, 0.2) is 34.4 Å². The van der Waals surface area contributed by atoms with Gasteiger partial charge in [0.15, 0.2) is 0 Å². The van der Waals surface area contributed by atoms with E-state index in [1.807, 2.05) is 0 Å². The fourth-order valence-corrected chi connectivity index (χ4v) is 7.79. The van der Waals surface area contributed by atoms with Gasteiger partial charge in [0.25, 0.3) is 5.69 Å². The second-order valence-electron chi connectivity index (χ2n) is 12.3. The highest BCUT2D eigenvalue weighted by atomic mass is 16.6. The van der Waals surface area contributed by atoms with Crippen LogP contribution < -0.4 is 5.43 Å². The number of nitro benzene ring substituents is 2. The Morgan fingerprint density at radius 2 is 1.84 bits per heavy atom. The molecule has 202 valence electrons. The molecule has 0 amide bonds. The van der Waals surface area contributed by atoms with E-state index in [1.54, 1.807) is 0 Å². The van der Waals surface area contributed by atoms with E-state index in [-0.39, 0.29) is 17.1 Å². The van der Waals surface area contributed by atoms with E-state index in [4.69, 9.17) is 0 Å². The largest absolute Gasteiger partial charge is 0.301 e. The smallest absolute Gasteiger partial charge is 0.271 e. The van der Waals surface area contributed by atoms with Crippen molar-refractivity contribution in [3.05, 3.63) is 49.6 Å². The number of hydrogen-bond donors (Lipinski definition) is 1. The lowest BCUT2D eigenvalue weighted by atomic mass is 9.55. The van der Waals surface area contributed by atoms with Gasteiger partial charge in [-0.2, -0.15) is 5.10 Å². The van der Waals surface area contributed by atoms with Gasteiger partial charge >= 0.3 is 5.69 Å². The zero-order valence-corrected chi connectivity index (χ0v) is 23.0. The van der Waals surface area contributed by atoms with Gasteiger partial charge in [0.05, 0.1) is 21.6 Å². The van der Waals surface area contributed by atoms with Crippen molar-refractivity contribution in [2.75, 3.05) is 5.43 Å². The van der Waals surface area contributed by atoms with E-state index in [0.717, 1.165) is 54.7 Å². The number of non-ortho nitro benzene ring substituents is 1. The first-order chi connectivity index (χ1) is 17.5. The predicted octanol–water partition coefficient (Wildman–Crippen LogP) is 8.29. The summed E-state index contributed by atoms with van der Waals surface area (Å²) < 4.78 is 0. The Hall–Kier alpha value is -2.77. The predicted molar refractivity (Wildman–Crippen MR) is 148 cm³/mol. The van der Waals surface area contributed by atoms with E-state index < -0.39 is 9.85 Å². The van der Waals surface area contributed by atoms with Crippen LogP contribution in [0.3, 0.4) is 0 Å². The summed E-state index contributed by atoms with van der Waals surface area (Å²) in [6.07, 6.45) is 10.9. The van der Waals surface area contributed by atoms with Crippen LogP contribution in [0.5, 0.6) is 0 Å². The Morgan fingerprint density at radius 1 is 1.08 bits per heavy atom. The van der Waals surface area contributed by atoms with Gasteiger partial charge in [0.2, 0.25) is 0 Å². The van der Waals surface area contributed by atoms with Gasteiger partial charge in [-0.1, -0.05) is 52.5 Å². The molecule has 3 aliphatic rings.